The summed E-state index contributed by atoms with van der Waals surface area (Å²) in [5.41, 5.74) is 4.54. The largest absolute Gasteiger partial charge is 0.0651 e. The summed E-state index contributed by atoms with van der Waals surface area (Å²) in [7, 11) is 0. The molecule has 1 saturated carbocycles. The number of rotatable bonds is 6. The molecule has 0 bridgehead atoms. The van der Waals surface area contributed by atoms with Crippen LogP contribution in [0.2, 0.25) is 0 Å². The normalized spacial score (nSPS) is 16.1. The highest BCUT2D eigenvalue weighted by Crippen LogP contribution is 2.44. The molecule has 21 heavy (non-hydrogen) atoms. The molecule has 109 valence electrons. The van der Waals surface area contributed by atoms with Crippen molar-refractivity contribution in [1.82, 2.24) is 0 Å². The fourth-order valence-electron chi connectivity index (χ4n) is 3.14. The fraction of sp³-hybridized carbons (Fsp3) is 0.381. The first-order valence-electron chi connectivity index (χ1n) is 8.28. The number of benzene rings is 2. The van der Waals surface area contributed by atoms with E-state index in [4.69, 9.17) is 0 Å². The summed E-state index contributed by atoms with van der Waals surface area (Å²) >= 11 is 0. The van der Waals surface area contributed by atoms with Crippen LogP contribution in [-0.2, 0) is 6.42 Å². The molecule has 0 aliphatic heterocycles. The Bertz CT molecular complexity index is 566. The first-order valence-corrected chi connectivity index (χ1v) is 8.28. The van der Waals surface area contributed by atoms with E-state index >= 15 is 0 Å². The monoisotopic (exact) mass is 277 g/mol. The van der Waals surface area contributed by atoms with Gasteiger partial charge in [-0.15, -0.1) is 0 Å². The van der Waals surface area contributed by atoms with Gasteiger partial charge in [-0.25, -0.2) is 0 Å². The molecular weight excluding hydrogens is 252 g/mol. The van der Waals surface area contributed by atoms with E-state index in [0.29, 0.717) is 5.92 Å². The smallest absolute Gasteiger partial charge is 0.0124 e. The number of hydrogen-bond acceptors (Lipinski definition) is 0. The maximum atomic E-state index is 2.38. The molecule has 1 radical (unpaired) electrons. The van der Waals surface area contributed by atoms with Crippen molar-refractivity contribution in [3.05, 3.63) is 77.2 Å². The molecule has 1 aliphatic carbocycles. The minimum absolute atomic E-state index is 0.644. The van der Waals surface area contributed by atoms with E-state index in [1.165, 1.54) is 30.4 Å². The van der Waals surface area contributed by atoms with Crippen molar-refractivity contribution >= 4 is 0 Å². The van der Waals surface area contributed by atoms with Gasteiger partial charge >= 0.3 is 0 Å². The average Bonchev–Trinajstić information content (AvgIpc) is 3.38. The molecule has 2 aromatic carbocycles. The van der Waals surface area contributed by atoms with Gasteiger partial charge in [0.1, 0.15) is 0 Å². The van der Waals surface area contributed by atoms with Gasteiger partial charge in [0, 0.05) is 5.92 Å². The molecule has 0 nitrogen and oxygen atoms in total. The predicted molar refractivity (Wildman–Crippen MR) is 90.4 cm³/mol. The Balaban J connectivity index is 1.92. The van der Waals surface area contributed by atoms with Gasteiger partial charge < -0.3 is 0 Å². The van der Waals surface area contributed by atoms with Crippen LogP contribution >= 0.6 is 0 Å². The first kappa shape index (κ1) is 14.4. The van der Waals surface area contributed by atoms with Crippen molar-refractivity contribution in [3.8, 4) is 0 Å². The van der Waals surface area contributed by atoms with E-state index in [1.807, 2.05) is 0 Å². The summed E-state index contributed by atoms with van der Waals surface area (Å²) in [4.78, 5) is 0. The highest BCUT2D eigenvalue weighted by Gasteiger charge is 2.29. The lowest BCUT2D eigenvalue weighted by molar-refractivity contribution is 0.573. The molecule has 1 atom stereocenters. The van der Waals surface area contributed by atoms with Gasteiger partial charge in [-0.05, 0) is 47.8 Å². The first-order chi connectivity index (χ1) is 10.3. The molecule has 1 fully saturated rings. The van der Waals surface area contributed by atoms with Crippen LogP contribution in [0.3, 0.4) is 0 Å². The van der Waals surface area contributed by atoms with Gasteiger partial charge in [0.15, 0.2) is 0 Å². The van der Waals surface area contributed by atoms with Crippen molar-refractivity contribution in [2.24, 2.45) is 5.92 Å². The summed E-state index contributed by atoms with van der Waals surface area (Å²) in [6, 6.07) is 20.0. The Morgan fingerprint density at radius 1 is 1.00 bits per heavy atom. The molecule has 3 rings (SSSR count). The van der Waals surface area contributed by atoms with Crippen molar-refractivity contribution < 1.29 is 0 Å². The standard InChI is InChI=1S/C21H25/c1-3-16(2)21(15-17-9-5-4-6-10-17)20-12-8-7-11-19(20)18-13-14-18/h4-12,16,18H,3,13-15H2,1-2H3. The zero-order chi connectivity index (χ0) is 14.7. The molecule has 0 saturated heterocycles. The lowest BCUT2D eigenvalue weighted by Gasteiger charge is -2.25. The second kappa shape index (κ2) is 6.47. The average molecular weight is 277 g/mol. The minimum Gasteiger partial charge on any atom is -0.0651 e. The second-order valence-corrected chi connectivity index (χ2v) is 6.36. The van der Waals surface area contributed by atoms with Crippen LogP contribution in [-0.4, -0.2) is 0 Å². The fourth-order valence-corrected chi connectivity index (χ4v) is 3.14. The number of hydrogen-bond donors (Lipinski definition) is 0. The Labute approximate surface area is 129 Å². The Morgan fingerprint density at radius 2 is 1.67 bits per heavy atom. The topological polar surface area (TPSA) is 0 Å². The summed E-state index contributed by atoms with van der Waals surface area (Å²) in [5.74, 6) is 3.08. The molecule has 0 amide bonds. The molecule has 2 aromatic rings. The van der Waals surface area contributed by atoms with Gasteiger partial charge in [-0.3, -0.25) is 0 Å². The summed E-state index contributed by atoms with van der Waals surface area (Å²) in [6.45, 7) is 4.68. The third kappa shape index (κ3) is 3.37. The second-order valence-electron chi connectivity index (χ2n) is 6.36. The summed E-state index contributed by atoms with van der Waals surface area (Å²) in [5, 5.41) is 0. The van der Waals surface area contributed by atoms with Crippen LogP contribution in [0.1, 0.15) is 55.7 Å². The lowest BCUT2D eigenvalue weighted by atomic mass is 9.78. The van der Waals surface area contributed by atoms with Crippen LogP contribution in [0, 0.1) is 11.8 Å². The van der Waals surface area contributed by atoms with Gasteiger partial charge in [-0.1, -0.05) is 74.9 Å². The van der Waals surface area contributed by atoms with E-state index in [0.717, 1.165) is 12.3 Å². The molecule has 0 heteroatoms. The zero-order valence-corrected chi connectivity index (χ0v) is 13.2. The maximum absolute atomic E-state index is 2.38. The zero-order valence-electron chi connectivity index (χ0n) is 13.2. The van der Waals surface area contributed by atoms with Gasteiger partial charge in [0.2, 0.25) is 0 Å². The van der Waals surface area contributed by atoms with Crippen molar-refractivity contribution in [2.75, 3.05) is 0 Å². The van der Waals surface area contributed by atoms with Crippen LogP contribution in [0.5, 0.6) is 0 Å². The molecule has 1 unspecified atom stereocenters. The van der Waals surface area contributed by atoms with Crippen molar-refractivity contribution in [3.63, 3.8) is 0 Å². The molecule has 0 N–H and O–H groups in total. The quantitative estimate of drug-likeness (QED) is 0.628. The summed E-state index contributed by atoms with van der Waals surface area (Å²) in [6.07, 6.45) is 5.03. The predicted octanol–water partition coefficient (Wildman–Crippen LogP) is 5.78. The van der Waals surface area contributed by atoms with Gasteiger partial charge in [0.25, 0.3) is 0 Å². The summed E-state index contributed by atoms with van der Waals surface area (Å²) < 4.78 is 0. The Morgan fingerprint density at radius 3 is 2.33 bits per heavy atom. The van der Waals surface area contributed by atoms with E-state index in [2.05, 4.69) is 68.4 Å². The highest BCUT2D eigenvalue weighted by molar-refractivity contribution is 5.44. The lowest BCUT2D eigenvalue weighted by Crippen LogP contribution is -2.15. The third-order valence-electron chi connectivity index (χ3n) is 4.77. The van der Waals surface area contributed by atoms with Crippen molar-refractivity contribution in [1.29, 1.82) is 0 Å². The molecule has 0 heterocycles. The van der Waals surface area contributed by atoms with E-state index in [-0.39, 0.29) is 0 Å². The van der Waals surface area contributed by atoms with Gasteiger partial charge in [-0.2, -0.15) is 0 Å². The minimum atomic E-state index is 0.644. The van der Waals surface area contributed by atoms with Crippen LogP contribution < -0.4 is 0 Å². The third-order valence-corrected chi connectivity index (χ3v) is 4.77. The van der Waals surface area contributed by atoms with Crippen LogP contribution in [0.25, 0.3) is 0 Å². The Hall–Kier alpha value is -1.56. The maximum Gasteiger partial charge on any atom is 0.0124 e. The van der Waals surface area contributed by atoms with Crippen LogP contribution in [0.4, 0.5) is 0 Å². The molecule has 0 spiro atoms. The van der Waals surface area contributed by atoms with E-state index in [9.17, 15) is 0 Å². The van der Waals surface area contributed by atoms with Gasteiger partial charge in [0.05, 0.1) is 0 Å². The molecule has 1 aliphatic rings. The van der Waals surface area contributed by atoms with E-state index in [1.54, 1.807) is 11.5 Å². The molecular formula is C21H25. The van der Waals surface area contributed by atoms with E-state index < -0.39 is 0 Å². The van der Waals surface area contributed by atoms with Crippen molar-refractivity contribution in [2.45, 2.75) is 45.4 Å². The molecule has 0 aromatic heterocycles. The van der Waals surface area contributed by atoms with Crippen LogP contribution in [0.15, 0.2) is 54.6 Å². The Kier molecular flexibility index (Phi) is 4.43. The highest BCUT2D eigenvalue weighted by atomic mass is 14.3. The SMILES string of the molecule is CCC(C)[C](Cc1ccccc1)c1ccccc1C1CC1.